The summed E-state index contributed by atoms with van der Waals surface area (Å²) in [4.78, 5) is 21.8. The van der Waals surface area contributed by atoms with E-state index in [2.05, 4.69) is 0 Å². The lowest BCUT2D eigenvalue weighted by molar-refractivity contribution is -0.142. The highest BCUT2D eigenvalue weighted by molar-refractivity contribution is 5.77. The second kappa shape index (κ2) is 2.96. The Balaban J connectivity index is 2.91. The molecule has 2 atom stereocenters. The Morgan fingerprint density at radius 1 is 1.46 bits per heavy atom. The fourth-order valence-electron chi connectivity index (χ4n) is 1.31. The first-order valence-electron chi connectivity index (χ1n) is 3.60. The molecule has 0 aliphatic carbocycles. The van der Waals surface area contributed by atoms with E-state index in [9.17, 15) is 9.59 Å². The predicted octanol–water partition coefficient (Wildman–Crippen LogP) is 0.469. The number of aliphatic hydroxyl groups is 1. The fraction of sp³-hybridized carbons (Fsp3) is 0.429. The van der Waals surface area contributed by atoms with Gasteiger partial charge in [-0.25, -0.2) is 4.79 Å². The van der Waals surface area contributed by atoms with Gasteiger partial charge in [-0.3, -0.25) is 9.69 Å². The maximum atomic E-state index is 10.6. The number of hydrogen-bond acceptors (Lipinski definition) is 3. The largest absolute Gasteiger partial charge is 0.510 e. The number of rotatable bonds is 1. The molecule has 0 spiro atoms. The second-order valence-corrected chi connectivity index (χ2v) is 2.80. The third kappa shape index (κ3) is 1.42. The Labute approximate surface area is 73.7 Å². The lowest BCUT2D eigenvalue weighted by Gasteiger charge is -2.18. The smallest absolute Gasteiger partial charge is 0.411 e. The molecular weight excluding hydrogens is 178 g/mol. The fourth-order valence-corrected chi connectivity index (χ4v) is 1.31. The summed E-state index contributed by atoms with van der Waals surface area (Å²) >= 11 is 0. The monoisotopic (exact) mass is 187 g/mol. The Morgan fingerprint density at radius 3 is 2.23 bits per heavy atom. The minimum Gasteiger partial charge on any atom is -0.510 e. The summed E-state index contributed by atoms with van der Waals surface area (Å²) in [6.45, 7) is 1.42. The summed E-state index contributed by atoms with van der Waals surface area (Å²) in [6.07, 6.45) is -0.353. The standard InChI is InChI=1S/C7H9NO5/c1-3-5(6(10)11)4(9)2-8(3)7(12)13/h2-3,5,9H,1H3,(H,10,11)(H,12,13). The van der Waals surface area contributed by atoms with Crippen LogP contribution in [0.25, 0.3) is 0 Å². The molecule has 0 saturated heterocycles. The van der Waals surface area contributed by atoms with Crippen LogP contribution >= 0.6 is 0 Å². The lowest BCUT2D eigenvalue weighted by Crippen LogP contribution is -2.36. The van der Waals surface area contributed by atoms with Gasteiger partial charge in [-0.15, -0.1) is 0 Å². The van der Waals surface area contributed by atoms with Crippen molar-refractivity contribution in [2.75, 3.05) is 0 Å². The molecule has 1 aliphatic heterocycles. The maximum absolute atomic E-state index is 10.6. The Hall–Kier alpha value is -1.72. The van der Waals surface area contributed by atoms with Gasteiger partial charge in [0.1, 0.15) is 11.7 Å². The van der Waals surface area contributed by atoms with Gasteiger partial charge in [0, 0.05) is 6.20 Å². The molecule has 1 amide bonds. The summed E-state index contributed by atoms with van der Waals surface area (Å²) in [5.41, 5.74) is 0. The molecule has 0 aromatic carbocycles. The number of aliphatic carboxylic acids is 1. The first-order valence-corrected chi connectivity index (χ1v) is 3.60. The summed E-state index contributed by atoms with van der Waals surface area (Å²) in [7, 11) is 0. The van der Waals surface area contributed by atoms with Crippen molar-refractivity contribution in [3.05, 3.63) is 12.0 Å². The van der Waals surface area contributed by atoms with E-state index >= 15 is 0 Å². The predicted molar refractivity (Wildman–Crippen MR) is 41.2 cm³/mol. The normalized spacial score (nSPS) is 27.2. The molecule has 0 bridgehead atoms. The Bertz CT molecular complexity index is 285. The second-order valence-electron chi connectivity index (χ2n) is 2.80. The van der Waals surface area contributed by atoms with Crippen molar-refractivity contribution in [1.29, 1.82) is 0 Å². The van der Waals surface area contributed by atoms with E-state index in [0.29, 0.717) is 0 Å². The zero-order valence-corrected chi connectivity index (χ0v) is 6.84. The van der Waals surface area contributed by atoms with Crippen molar-refractivity contribution in [2.45, 2.75) is 13.0 Å². The molecule has 0 fully saturated rings. The van der Waals surface area contributed by atoms with E-state index in [0.717, 1.165) is 11.1 Å². The van der Waals surface area contributed by atoms with Crippen molar-refractivity contribution >= 4 is 12.1 Å². The van der Waals surface area contributed by atoms with E-state index in [1.165, 1.54) is 6.92 Å². The molecule has 3 N–H and O–H groups in total. The van der Waals surface area contributed by atoms with Crippen molar-refractivity contribution in [1.82, 2.24) is 4.90 Å². The number of amides is 1. The van der Waals surface area contributed by atoms with E-state index in [1.54, 1.807) is 0 Å². The van der Waals surface area contributed by atoms with Crippen molar-refractivity contribution < 1.29 is 24.9 Å². The molecule has 1 aliphatic rings. The summed E-state index contributed by atoms with van der Waals surface area (Å²) < 4.78 is 0. The minimum absolute atomic E-state index is 0.428. The van der Waals surface area contributed by atoms with Crippen LogP contribution in [0.2, 0.25) is 0 Å². The number of nitrogens with zero attached hydrogens (tertiary/aromatic N) is 1. The number of carbonyl (C=O) groups is 2. The van der Waals surface area contributed by atoms with Gasteiger partial charge in [0.2, 0.25) is 0 Å². The average Bonchev–Trinajstić information content (AvgIpc) is 2.26. The number of carboxylic acid groups (broad SMARTS) is 2. The molecular formula is C7H9NO5. The molecule has 0 aromatic rings. The van der Waals surface area contributed by atoms with Crippen LogP contribution < -0.4 is 0 Å². The van der Waals surface area contributed by atoms with Gasteiger partial charge in [0.25, 0.3) is 0 Å². The SMILES string of the molecule is CC1C(C(=O)O)C(O)=CN1C(=O)O. The summed E-state index contributed by atoms with van der Waals surface area (Å²) in [5.74, 6) is -2.82. The van der Waals surface area contributed by atoms with Crippen LogP contribution in [0.3, 0.4) is 0 Å². The topological polar surface area (TPSA) is 98.1 Å². The highest BCUT2D eigenvalue weighted by atomic mass is 16.4. The van der Waals surface area contributed by atoms with Gasteiger partial charge in [0.15, 0.2) is 0 Å². The van der Waals surface area contributed by atoms with Crippen LogP contribution in [0.15, 0.2) is 12.0 Å². The van der Waals surface area contributed by atoms with Crippen LogP contribution in [0, 0.1) is 5.92 Å². The third-order valence-corrected chi connectivity index (χ3v) is 2.00. The van der Waals surface area contributed by atoms with Gasteiger partial charge in [-0.05, 0) is 6.92 Å². The number of hydrogen-bond donors (Lipinski definition) is 3. The van der Waals surface area contributed by atoms with E-state index in [4.69, 9.17) is 15.3 Å². The average molecular weight is 187 g/mol. The first kappa shape index (κ1) is 9.37. The van der Waals surface area contributed by atoms with E-state index < -0.39 is 29.8 Å². The van der Waals surface area contributed by atoms with Crippen molar-refractivity contribution in [3.63, 3.8) is 0 Å². The van der Waals surface area contributed by atoms with Gasteiger partial charge in [0.05, 0.1) is 6.04 Å². The van der Waals surface area contributed by atoms with E-state index in [-0.39, 0.29) is 0 Å². The molecule has 6 nitrogen and oxygen atoms in total. The molecule has 0 radical (unpaired) electrons. The Morgan fingerprint density at radius 2 is 2.00 bits per heavy atom. The molecule has 72 valence electrons. The van der Waals surface area contributed by atoms with Crippen LogP contribution in [0.1, 0.15) is 6.92 Å². The summed E-state index contributed by atoms with van der Waals surface area (Å²) in [5, 5.41) is 26.3. The quantitative estimate of drug-likeness (QED) is 0.554. The van der Waals surface area contributed by atoms with Gasteiger partial charge in [-0.2, -0.15) is 0 Å². The number of carboxylic acids is 1. The molecule has 2 unspecified atom stereocenters. The van der Waals surface area contributed by atoms with E-state index in [1.807, 2.05) is 0 Å². The number of aliphatic hydroxyl groups excluding tert-OH is 1. The summed E-state index contributed by atoms with van der Waals surface area (Å²) in [6, 6.07) is -0.769. The lowest BCUT2D eigenvalue weighted by atomic mass is 10.0. The van der Waals surface area contributed by atoms with Gasteiger partial charge < -0.3 is 15.3 Å². The zero-order chi connectivity index (χ0) is 10.2. The van der Waals surface area contributed by atoms with Crippen LogP contribution in [0.5, 0.6) is 0 Å². The third-order valence-electron chi connectivity index (χ3n) is 2.00. The highest BCUT2D eigenvalue weighted by Gasteiger charge is 2.40. The van der Waals surface area contributed by atoms with Crippen molar-refractivity contribution in [3.8, 4) is 0 Å². The zero-order valence-electron chi connectivity index (χ0n) is 6.84. The molecule has 0 aromatic heterocycles. The van der Waals surface area contributed by atoms with Gasteiger partial charge >= 0.3 is 12.1 Å². The highest BCUT2D eigenvalue weighted by Crippen LogP contribution is 2.26. The molecule has 1 heterocycles. The maximum Gasteiger partial charge on any atom is 0.411 e. The van der Waals surface area contributed by atoms with Crippen LogP contribution in [-0.2, 0) is 4.79 Å². The van der Waals surface area contributed by atoms with Crippen LogP contribution in [0.4, 0.5) is 4.79 Å². The Kier molecular flexibility index (Phi) is 2.14. The first-order chi connectivity index (χ1) is 5.95. The molecule has 6 heteroatoms. The van der Waals surface area contributed by atoms with Gasteiger partial charge in [-0.1, -0.05) is 0 Å². The van der Waals surface area contributed by atoms with Crippen molar-refractivity contribution in [2.24, 2.45) is 5.92 Å². The van der Waals surface area contributed by atoms with Crippen LogP contribution in [-0.4, -0.2) is 38.3 Å². The molecule has 0 saturated carbocycles. The molecule has 1 rings (SSSR count). The molecule has 13 heavy (non-hydrogen) atoms. The minimum atomic E-state index is -1.28.